The molecule has 0 bridgehead atoms. The van der Waals surface area contributed by atoms with Crippen LogP contribution in [0.5, 0.6) is 0 Å². The van der Waals surface area contributed by atoms with Gasteiger partial charge in [-0.2, -0.15) is 0 Å². The molecule has 0 spiro atoms. The number of carbonyl (C=O) groups is 1. The zero-order valence-corrected chi connectivity index (χ0v) is 9.87. The molecule has 0 aromatic heterocycles. The summed E-state index contributed by atoms with van der Waals surface area (Å²) < 4.78 is 5.63. The molecule has 0 fully saturated rings. The van der Waals surface area contributed by atoms with E-state index in [9.17, 15) is 4.79 Å². The molecule has 0 saturated heterocycles. The SMILES string of the molecule is COCCNc1ccc(C(=O)O)cc1Br. The summed E-state index contributed by atoms with van der Waals surface area (Å²) in [5, 5.41) is 11.9. The van der Waals surface area contributed by atoms with Crippen molar-refractivity contribution in [3.05, 3.63) is 28.2 Å². The molecular weight excluding hydrogens is 262 g/mol. The number of halogens is 1. The van der Waals surface area contributed by atoms with Crippen LogP contribution in [0.25, 0.3) is 0 Å². The minimum absolute atomic E-state index is 0.263. The van der Waals surface area contributed by atoms with E-state index in [2.05, 4.69) is 21.2 Å². The zero-order chi connectivity index (χ0) is 11.3. The van der Waals surface area contributed by atoms with Crippen LogP contribution in [0.4, 0.5) is 5.69 Å². The van der Waals surface area contributed by atoms with Gasteiger partial charge in [-0.05, 0) is 34.1 Å². The van der Waals surface area contributed by atoms with Gasteiger partial charge in [-0.25, -0.2) is 4.79 Å². The standard InChI is InChI=1S/C10H12BrNO3/c1-15-5-4-12-9-3-2-7(10(13)14)6-8(9)11/h2-3,6,12H,4-5H2,1H3,(H,13,14). The number of aromatic carboxylic acids is 1. The molecule has 2 N–H and O–H groups in total. The highest BCUT2D eigenvalue weighted by Crippen LogP contribution is 2.23. The van der Waals surface area contributed by atoms with Crippen LogP contribution in [0.1, 0.15) is 10.4 Å². The van der Waals surface area contributed by atoms with Gasteiger partial charge in [0.25, 0.3) is 0 Å². The van der Waals surface area contributed by atoms with Gasteiger partial charge >= 0.3 is 5.97 Å². The average molecular weight is 274 g/mol. The van der Waals surface area contributed by atoms with E-state index in [-0.39, 0.29) is 5.56 Å². The van der Waals surface area contributed by atoms with Crippen molar-refractivity contribution < 1.29 is 14.6 Å². The Morgan fingerprint density at radius 3 is 2.87 bits per heavy atom. The smallest absolute Gasteiger partial charge is 0.335 e. The predicted octanol–water partition coefficient (Wildman–Crippen LogP) is 2.21. The van der Waals surface area contributed by atoms with E-state index in [1.165, 1.54) is 0 Å². The third-order valence-electron chi connectivity index (χ3n) is 1.84. The highest BCUT2D eigenvalue weighted by Gasteiger charge is 2.05. The first kappa shape index (κ1) is 12.0. The van der Waals surface area contributed by atoms with Crippen LogP contribution in [0, 0.1) is 0 Å². The van der Waals surface area contributed by atoms with Crippen LogP contribution in [0.3, 0.4) is 0 Å². The first-order valence-electron chi connectivity index (χ1n) is 4.41. The van der Waals surface area contributed by atoms with Crippen molar-refractivity contribution in [1.82, 2.24) is 0 Å². The largest absolute Gasteiger partial charge is 0.478 e. The number of ether oxygens (including phenoxy) is 1. The van der Waals surface area contributed by atoms with Crippen LogP contribution >= 0.6 is 15.9 Å². The minimum atomic E-state index is -0.931. The van der Waals surface area contributed by atoms with Crippen LogP contribution in [0.2, 0.25) is 0 Å². The Hall–Kier alpha value is -1.07. The number of hydrogen-bond donors (Lipinski definition) is 2. The van der Waals surface area contributed by atoms with Gasteiger partial charge in [0.15, 0.2) is 0 Å². The van der Waals surface area contributed by atoms with Crippen molar-refractivity contribution in [1.29, 1.82) is 0 Å². The number of carboxylic acid groups (broad SMARTS) is 1. The Balaban J connectivity index is 2.70. The van der Waals surface area contributed by atoms with Gasteiger partial charge in [0.05, 0.1) is 12.2 Å². The summed E-state index contributed by atoms with van der Waals surface area (Å²) in [6.07, 6.45) is 0. The van der Waals surface area contributed by atoms with E-state index >= 15 is 0 Å². The van der Waals surface area contributed by atoms with E-state index < -0.39 is 5.97 Å². The predicted molar refractivity (Wildman–Crippen MR) is 61.5 cm³/mol. The highest BCUT2D eigenvalue weighted by molar-refractivity contribution is 9.10. The van der Waals surface area contributed by atoms with Crippen molar-refractivity contribution in [2.45, 2.75) is 0 Å². The molecule has 0 unspecified atom stereocenters. The second kappa shape index (κ2) is 5.72. The third-order valence-corrected chi connectivity index (χ3v) is 2.49. The molecule has 0 aliphatic carbocycles. The van der Waals surface area contributed by atoms with Gasteiger partial charge in [0, 0.05) is 23.8 Å². The van der Waals surface area contributed by atoms with E-state index in [1.807, 2.05) is 0 Å². The van der Waals surface area contributed by atoms with Gasteiger partial charge < -0.3 is 15.2 Å². The third kappa shape index (κ3) is 3.53. The summed E-state index contributed by atoms with van der Waals surface area (Å²) in [5.74, 6) is -0.931. The molecular formula is C10H12BrNO3. The molecule has 0 amide bonds. The van der Waals surface area contributed by atoms with Crippen LogP contribution in [-0.4, -0.2) is 31.3 Å². The fraction of sp³-hybridized carbons (Fsp3) is 0.300. The maximum absolute atomic E-state index is 10.7. The van der Waals surface area contributed by atoms with Crippen molar-refractivity contribution >= 4 is 27.6 Å². The average Bonchev–Trinajstić information content (AvgIpc) is 2.20. The maximum atomic E-state index is 10.7. The zero-order valence-electron chi connectivity index (χ0n) is 8.29. The molecule has 82 valence electrons. The molecule has 0 atom stereocenters. The van der Waals surface area contributed by atoms with Crippen LogP contribution in [0.15, 0.2) is 22.7 Å². The molecule has 5 heteroatoms. The lowest BCUT2D eigenvalue weighted by atomic mass is 10.2. The van der Waals surface area contributed by atoms with Gasteiger partial charge in [-0.1, -0.05) is 0 Å². The second-order valence-electron chi connectivity index (χ2n) is 2.92. The van der Waals surface area contributed by atoms with Crippen LogP contribution < -0.4 is 5.32 Å². The Morgan fingerprint density at radius 2 is 2.33 bits per heavy atom. The first-order valence-corrected chi connectivity index (χ1v) is 5.20. The lowest BCUT2D eigenvalue weighted by molar-refractivity contribution is 0.0697. The molecule has 0 aliphatic heterocycles. The Bertz CT molecular complexity index is 355. The fourth-order valence-electron chi connectivity index (χ4n) is 1.08. The Labute approximate surface area is 96.4 Å². The lowest BCUT2D eigenvalue weighted by Gasteiger charge is -2.08. The van der Waals surface area contributed by atoms with E-state index in [0.29, 0.717) is 13.2 Å². The summed E-state index contributed by atoms with van der Waals surface area (Å²) in [5.41, 5.74) is 1.12. The summed E-state index contributed by atoms with van der Waals surface area (Å²) in [7, 11) is 1.63. The van der Waals surface area contributed by atoms with Crippen molar-refractivity contribution in [3.63, 3.8) is 0 Å². The van der Waals surface area contributed by atoms with Crippen molar-refractivity contribution in [3.8, 4) is 0 Å². The number of methoxy groups -OCH3 is 1. The van der Waals surface area contributed by atoms with Gasteiger partial charge in [0.2, 0.25) is 0 Å². The van der Waals surface area contributed by atoms with E-state index in [1.54, 1.807) is 25.3 Å². The number of hydrogen-bond acceptors (Lipinski definition) is 3. The first-order chi connectivity index (χ1) is 7.15. The topological polar surface area (TPSA) is 58.6 Å². The molecule has 1 aromatic rings. The summed E-state index contributed by atoms with van der Waals surface area (Å²) in [4.78, 5) is 10.7. The molecule has 4 nitrogen and oxygen atoms in total. The Morgan fingerprint density at radius 1 is 1.60 bits per heavy atom. The summed E-state index contributed by atoms with van der Waals surface area (Å²) in [6, 6.07) is 4.85. The number of nitrogens with one attached hydrogen (secondary N) is 1. The van der Waals surface area contributed by atoms with Gasteiger partial charge in [-0.3, -0.25) is 0 Å². The summed E-state index contributed by atoms with van der Waals surface area (Å²) in [6.45, 7) is 1.29. The van der Waals surface area contributed by atoms with Crippen molar-refractivity contribution in [2.24, 2.45) is 0 Å². The lowest BCUT2D eigenvalue weighted by Crippen LogP contribution is -2.08. The highest BCUT2D eigenvalue weighted by atomic mass is 79.9. The Kier molecular flexibility index (Phi) is 4.58. The minimum Gasteiger partial charge on any atom is -0.478 e. The van der Waals surface area contributed by atoms with Gasteiger partial charge in [0.1, 0.15) is 0 Å². The molecule has 1 rings (SSSR count). The van der Waals surface area contributed by atoms with E-state index in [4.69, 9.17) is 9.84 Å². The monoisotopic (exact) mass is 273 g/mol. The molecule has 0 aliphatic rings. The summed E-state index contributed by atoms with van der Waals surface area (Å²) >= 11 is 3.30. The molecule has 0 saturated carbocycles. The quantitative estimate of drug-likeness (QED) is 0.808. The molecule has 1 aromatic carbocycles. The normalized spacial score (nSPS) is 10.0. The van der Waals surface area contributed by atoms with Crippen molar-refractivity contribution in [2.75, 3.05) is 25.6 Å². The molecule has 0 radical (unpaired) electrons. The number of anilines is 1. The van der Waals surface area contributed by atoms with Gasteiger partial charge in [-0.15, -0.1) is 0 Å². The fourth-order valence-corrected chi connectivity index (χ4v) is 1.60. The molecule has 0 heterocycles. The molecule has 15 heavy (non-hydrogen) atoms. The van der Waals surface area contributed by atoms with E-state index in [0.717, 1.165) is 10.2 Å². The number of carboxylic acids is 1. The maximum Gasteiger partial charge on any atom is 0.335 e. The second-order valence-corrected chi connectivity index (χ2v) is 3.77. The van der Waals surface area contributed by atoms with Crippen LogP contribution in [-0.2, 0) is 4.74 Å². The number of rotatable bonds is 5. The number of benzene rings is 1.